The second-order valence-corrected chi connectivity index (χ2v) is 4.46. The van der Waals surface area contributed by atoms with Gasteiger partial charge in [-0.25, -0.2) is 0 Å². The van der Waals surface area contributed by atoms with Gasteiger partial charge in [-0.15, -0.1) is 0 Å². The van der Waals surface area contributed by atoms with Crippen LogP contribution >= 0.6 is 0 Å². The lowest BCUT2D eigenvalue weighted by Gasteiger charge is -2.28. The number of hydrogen-bond donors (Lipinski definition) is 2. The van der Waals surface area contributed by atoms with E-state index in [0.29, 0.717) is 6.04 Å². The van der Waals surface area contributed by atoms with Crippen molar-refractivity contribution in [3.05, 3.63) is 24.0 Å². The van der Waals surface area contributed by atoms with E-state index >= 15 is 0 Å². The summed E-state index contributed by atoms with van der Waals surface area (Å²) >= 11 is 0. The molecule has 16 heavy (non-hydrogen) atoms. The van der Waals surface area contributed by atoms with E-state index in [1.807, 2.05) is 6.20 Å². The van der Waals surface area contributed by atoms with E-state index in [1.54, 1.807) is 0 Å². The van der Waals surface area contributed by atoms with E-state index < -0.39 is 0 Å². The number of nitrogens with one attached hydrogen (secondary N) is 2. The highest BCUT2D eigenvalue weighted by molar-refractivity contribution is 5.08. The Morgan fingerprint density at radius 2 is 2.50 bits per heavy atom. The van der Waals surface area contributed by atoms with E-state index in [0.717, 1.165) is 39.3 Å². The highest BCUT2D eigenvalue weighted by atomic mass is 16.5. The molecule has 2 rings (SSSR count). The van der Waals surface area contributed by atoms with Gasteiger partial charge in [-0.1, -0.05) is 0 Å². The fourth-order valence-electron chi connectivity index (χ4n) is 2.04. The Hall–Kier alpha value is -0.840. The topological polar surface area (TPSA) is 40.3 Å². The SMILES string of the molecule is CN(CCc1cc[nH]c1)CC1COCCN1. The van der Waals surface area contributed by atoms with Gasteiger partial charge in [-0.05, 0) is 25.1 Å². The van der Waals surface area contributed by atoms with Crippen LogP contribution in [-0.2, 0) is 11.2 Å². The molecule has 0 aliphatic carbocycles. The van der Waals surface area contributed by atoms with E-state index in [1.165, 1.54) is 5.56 Å². The zero-order valence-electron chi connectivity index (χ0n) is 9.91. The van der Waals surface area contributed by atoms with Gasteiger partial charge in [0.1, 0.15) is 0 Å². The number of rotatable bonds is 5. The van der Waals surface area contributed by atoms with Crippen LogP contribution in [0.25, 0.3) is 0 Å². The molecule has 4 heteroatoms. The van der Waals surface area contributed by atoms with Crippen molar-refractivity contribution in [3.63, 3.8) is 0 Å². The zero-order valence-corrected chi connectivity index (χ0v) is 9.91. The lowest BCUT2D eigenvalue weighted by molar-refractivity contribution is 0.0655. The Kier molecular flexibility index (Phi) is 4.39. The first kappa shape index (κ1) is 11.6. The fraction of sp³-hybridized carbons (Fsp3) is 0.667. The Labute approximate surface area is 97.0 Å². The van der Waals surface area contributed by atoms with E-state index in [4.69, 9.17) is 4.74 Å². The number of likely N-dealkylation sites (N-methyl/N-ethyl adjacent to an activating group) is 1. The van der Waals surface area contributed by atoms with Crippen molar-refractivity contribution in [2.45, 2.75) is 12.5 Å². The number of ether oxygens (including phenoxy) is 1. The van der Waals surface area contributed by atoms with Gasteiger partial charge in [0.15, 0.2) is 0 Å². The van der Waals surface area contributed by atoms with Crippen LogP contribution in [0.4, 0.5) is 0 Å². The minimum absolute atomic E-state index is 0.491. The minimum atomic E-state index is 0.491. The Bertz CT molecular complexity index is 280. The monoisotopic (exact) mass is 223 g/mol. The van der Waals surface area contributed by atoms with Gasteiger partial charge >= 0.3 is 0 Å². The maximum absolute atomic E-state index is 5.44. The van der Waals surface area contributed by atoms with Gasteiger partial charge < -0.3 is 19.9 Å². The normalized spacial score (nSPS) is 21.5. The molecular formula is C12H21N3O. The predicted octanol–water partition coefficient (Wildman–Crippen LogP) is 0.477. The van der Waals surface area contributed by atoms with Crippen LogP contribution in [0.5, 0.6) is 0 Å². The number of H-pyrrole nitrogens is 1. The maximum atomic E-state index is 5.44. The van der Waals surface area contributed by atoms with Crippen LogP contribution in [0.3, 0.4) is 0 Å². The number of hydrogen-bond acceptors (Lipinski definition) is 3. The standard InChI is InChI=1S/C12H21N3O/c1-15(6-3-11-2-4-13-8-11)9-12-10-16-7-5-14-12/h2,4,8,12-14H,3,5-7,9-10H2,1H3. The second-order valence-electron chi connectivity index (χ2n) is 4.46. The third-order valence-electron chi connectivity index (χ3n) is 2.98. The van der Waals surface area contributed by atoms with Crippen LogP contribution < -0.4 is 5.32 Å². The van der Waals surface area contributed by atoms with Crippen molar-refractivity contribution >= 4 is 0 Å². The van der Waals surface area contributed by atoms with Gasteiger partial charge in [0, 0.05) is 38.1 Å². The quantitative estimate of drug-likeness (QED) is 0.762. The molecule has 0 spiro atoms. The number of aromatic amines is 1. The largest absolute Gasteiger partial charge is 0.378 e. The molecule has 4 nitrogen and oxygen atoms in total. The fourth-order valence-corrected chi connectivity index (χ4v) is 2.04. The summed E-state index contributed by atoms with van der Waals surface area (Å²) in [5.41, 5.74) is 1.37. The van der Waals surface area contributed by atoms with Crippen molar-refractivity contribution in [3.8, 4) is 0 Å². The van der Waals surface area contributed by atoms with Gasteiger partial charge in [-0.2, -0.15) is 0 Å². The lowest BCUT2D eigenvalue weighted by atomic mass is 10.2. The Morgan fingerprint density at radius 1 is 1.56 bits per heavy atom. The highest BCUT2D eigenvalue weighted by Gasteiger charge is 2.14. The van der Waals surface area contributed by atoms with Gasteiger partial charge in [0.05, 0.1) is 13.2 Å². The lowest BCUT2D eigenvalue weighted by Crippen LogP contribution is -2.47. The van der Waals surface area contributed by atoms with E-state index in [-0.39, 0.29) is 0 Å². The summed E-state index contributed by atoms with van der Waals surface area (Å²) in [6.45, 7) is 4.83. The molecule has 1 aliphatic heterocycles. The van der Waals surface area contributed by atoms with Gasteiger partial charge in [0.2, 0.25) is 0 Å². The predicted molar refractivity (Wildman–Crippen MR) is 64.6 cm³/mol. The van der Waals surface area contributed by atoms with E-state index in [9.17, 15) is 0 Å². The third-order valence-corrected chi connectivity index (χ3v) is 2.98. The van der Waals surface area contributed by atoms with E-state index in [2.05, 4.69) is 34.5 Å². The van der Waals surface area contributed by atoms with Crippen LogP contribution in [0.15, 0.2) is 18.5 Å². The summed E-state index contributed by atoms with van der Waals surface area (Å²) in [5.74, 6) is 0. The van der Waals surface area contributed by atoms with Gasteiger partial charge in [-0.3, -0.25) is 0 Å². The Balaban J connectivity index is 1.65. The first-order valence-electron chi connectivity index (χ1n) is 5.96. The molecule has 2 N–H and O–H groups in total. The zero-order chi connectivity index (χ0) is 11.2. The van der Waals surface area contributed by atoms with Crippen molar-refractivity contribution in [2.24, 2.45) is 0 Å². The summed E-state index contributed by atoms with van der Waals surface area (Å²) in [6.07, 6.45) is 5.15. The molecule has 0 radical (unpaired) electrons. The maximum Gasteiger partial charge on any atom is 0.0632 e. The first-order valence-corrected chi connectivity index (χ1v) is 5.96. The second kappa shape index (κ2) is 6.03. The Morgan fingerprint density at radius 3 is 3.19 bits per heavy atom. The van der Waals surface area contributed by atoms with Crippen molar-refractivity contribution < 1.29 is 4.74 Å². The molecule has 0 saturated carbocycles. The third kappa shape index (κ3) is 3.63. The number of morpholine rings is 1. The highest BCUT2D eigenvalue weighted by Crippen LogP contribution is 2.01. The van der Waals surface area contributed by atoms with Crippen LogP contribution in [0.2, 0.25) is 0 Å². The van der Waals surface area contributed by atoms with Crippen molar-refractivity contribution in [2.75, 3.05) is 39.9 Å². The molecule has 1 fully saturated rings. The molecular weight excluding hydrogens is 202 g/mol. The smallest absolute Gasteiger partial charge is 0.0632 e. The van der Waals surface area contributed by atoms with Crippen LogP contribution in [-0.4, -0.2) is 55.8 Å². The molecule has 2 heterocycles. The molecule has 1 saturated heterocycles. The van der Waals surface area contributed by atoms with Crippen LogP contribution in [0, 0.1) is 0 Å². The molecule has 0 aromatic carbocycles. The molecule has 1 aromatic rings. The average molecular weight is 223 g/mol. The van der Waals surface area contributed by atoms with Crippen molar-refractivity contribution in [1.29, 1.82) is 0 Å². The number of aromatic nitrogens is 1. The summed E-state index contributed by atoms with van der Waals surface area (Å²) < 4.78 is 5.44. The molecule has 1 unspecified atom stereocenters. The molecule has 1 aliphatic rings. The molecule has 1 atom stereocenters. The summed E-state index contributed by atoms with van der Waals surface area (Å²) in [5, 5.41) is 3.47. The number of nitrogens with zero attached hydrogens (tertiary/aromatic N) is 1. The average Bonchev–Trinajstić information content (AvgIpc) is 2.81. The molecule has 90 valence electrons. The molecule has 0 bridgehead atoms. The van der Waals surface area contributed by atoms with Crippen LogP contribution in [0.1, 0.15) is 5.56 Å². The first-order chi connectivity index (χ1) is 7.84. The summed E-state index contributed by atoms with van der Waals surface area (Å²) in [7, 11) is 2.17. The molecule has 1 aromatic heterocycles. The molecule has 0 amide bonds. The minimum Gasteiger partial charge on any atom is -0.378 e. The van der Waals surface area contributed by atoms with Crippen molar-refractivity contribution in [1.82, 2.24) is 15.2 Å². The summed E-state index contributed by atoms with van der Waals surface area (Å²) in [6, 6.07) is 2.63. The van der Waals surface area contributed by atoms with Gasteiger partial charge in [0.25, 0.3) is 0 Å². The summed E-state index contributed by atoms with van der Waals surface area (Å²) in [4.78, 5) is 5.44.